The largest absolute Gasteiger partial charge is 0.490 e. The molecule has 0 radical (unpaired) electrons. The Morgan fingerprint density at radius 1 is 1.13 bits per heavy atom. The predicted octanol–water partition coefficient (Wildman–Crippen LogP) is 5.20. The molecule has 13 heteroatoms. The van der Waals surface area contributed by atoms with Crippen LogP contribution in [-0.2, 0) is 19.5 Å². The molecule has 0 atom stereocenters. The first-order valence-electron chi connectivity index (χ1n) is 11.5. The minimum atomic E-state index is -4.24. The number of methoxy groups -OCH3 is 1. The van der Waals surface area contributed by atoms with Crippen molar-refractivity contribution in [1.82, 2.24) is 0 Å². The average molecular weight is 595 g/mol. The smallest absolute Gasteiger partial charge is 0.338 e. The number of hydrogen-bond acceptors (Lipinski definition) is 9. The number of carbonyl (C=O) groups is 2. The molecule has 3 rings (SSSR count). The predicted molar refractivity (Wildman–Crippen MR) is 150 cm³/mol. The van der Waals surface area contributed by atoms with Gasteiger partial charge >= 0.3 is 5.97 Å². The second-order valence-corrected chi connectivity index (χ2v) is 11.3. The molecule has 0 aliphatic rings. The fourth-order valence-corrected chi connectivity index (χ4v) is 6.22. The SMILES string of the molecule is C=COc1cc(N(C)S(=O)(=O)c2cc(Cl)sc2C(=O)Nc2cccc(C(=O)OCCOC)c2)ccc1OCC. The van der Waals surface area contributed by atoms with Gasteiger partial charge in [0.2, 0.25) is 0 Å². The van der Waals surface area contributed by atoms with Gasteiger partial charge in [0.1, 0.15) is 16.4 Å². The first-order chi connectivity index (χ1) is 18.6. The van der Waals surface area contributed by atoms with Crippen molar-refractivity contribution < 1.29 is 37.0 Å². The summed E-state index contributed by atoms with van der Waals surface area (Å²) in [6.07, 6.45) is 1.20. The van der Waals surface area contributed by atoms with Crippen molar-refractivity contribution in [2.75, 3.05) is 43.6 Å². The lowest BCUT2D eigenvalue weighted by Crippen LogP contribution is -2.28. The van der Waals surface area contributed by atoms with E-state index in [0.29, 0.717) is 12.4 Å². The van der Waals surface area contributed by atoms with Crippen LogP contribution in [0.3, 0.4) is 0 Å². The Balaban J connectivity index is 1.88. The van der Waals surface area contributed by atoms with Gasteiger partial charge < -0.3 is 24.3 Å². The molecule has 10 nitrogen and oxygen atoms in total. The number of amides is 1. The first-order valence-corrected chi connectivity index (χ1v) is 14.2. The monoisotopic (exact) mass is 594 g/mol. The van der Waals surface area contributed by atoms with Crippen molar-refractivity contribution in [3.63, 3.8) is 0 Å². The molecular formula is C26H27ClN2O8S2. The highest BCUT2D eigenvalue weighted by Gasteiger charge is 2.30. The van der Waals surface area contributed by atoms with E-state index in [-0.39, 0.29) is 50.0 Å². The summed E-state index contributed by atoms with van der Waals surface area (Å²) in [6, 6.07) is 11.9. The summed E-state index contributed by atoms with van der Waals surface area (Å²) in [5.41, 5.74) is 0.720. The number of thiophene rings is 1. The second kappa shape index (κ2) is 13.5. The Bertz CT molecular complexity index is 1460. The molecule has 0 fully saturated rings. The highest BCUT2D eigenvalue weighted by molar-refractivity contribution is 7.93. The average Bonchev–Trinajstić information content (AvgIpc) is 3.32. The quantitative estimate of drug-likeness (QED) is 0.163. The maximum absolute atomic E-state index is 13.6. The van der Waals surface area contributed by atoms with Crippen molar-refractivity contribution in [1.29, 1.82) is 0 Å². The number of esters is 1. The summed E-state index contributed by atoms with van der Waals surface area (Å²) in [6.45, 7) is 6.03. The molecule has 1 aromatic heterocycles. The highest BCUT2D eigenvalue weighted by atomic mass is 35.5. The summed E-state index contributed by atoms with van der Waals surface area (Å²) >= 11 is 6.96. The number of sulfonamides is 1. The van der Waals surface area contributed by atoms with Crippen LogP contribution in [0, 0.1) is 0 Å². The lowest BCUT2D eigenvalue weighted by atomic mass is 10.2. The summed E-state index contributed by atoms with van der Waals surface area (Å²) in [5.74, 6) is -0.628. The topological polar surface area (TPSA) is 120 Å². The molecule has 1 heterocycles. The second-order valence-electron chi connectivity index (χ2n) is 7.73. The van der Waals surface area contributed by atoms with Gasteiger partial charge in [0, 0.05) is 25.9 Å². The maximum atomic E-state index is 13.6. The number of halogens is 1. The van der Waals surface area contributed by atoms with Crippen LogP contribution in [0.25, 0.3) is 0 Å². The van der Waals surface area contributed by atoms with Crippen molar-refractivity contribution in [2.24, 2.45) is 0 Å². The molecule has 0 saturated carbocycles. The van der Waals surface area contributed by atoms with E-state index in [1.165, 1.54) is 44.7 Å². The van der Waals surface area contributed by atoms with Crippen LogP contribution in [0.2, 0.25) is 4.34 Å². The lowest BCUT2D eigenvalue weighted by Gasteiger charge is -2.21. The molecule has 39 heavy (non-hydrogen) atoms. The zero-order valence-corrected chi connectivity index (χ0v) is 23.8. The van der Waals surface area contributed by atoms with Gasteiger partial charge in [-0.3, -0.25) is 9.10 Å². The van der Waals surface area contributed by atoms with Gasteiger partial charge in [0.15, 0.2) is 11.5 Å². The van der Waals surface area contributed by atoms with E-state index in [4.69, 9.17) is 30.5 Å². The Hall–Kier alpha value is -3.58. The van der Waals surface area contributed by atoms with Gasteiger partial charge in [-0.2, -0.15) is 0 Å². The van der Waals surface area contributed by atoms with Gasteiger partial charge in [-0.1, -0.05) is 24.2 Å². The van der Waals surface area contributed by atoms with Crippen molar-refractivity contribution >= 4 is 56.2 Å². The molecular weight excluding hydrogens is 568 g/mol. The molecule has 0 unspecified atom stereocenters. The molecule has 1 N–H and O–H groups in total. The number of benzene rings is 2. The molecule has 208 valence electrons. The third-order valence-corrected chi connectivity index (χ3v) is 8.39. The van der Waals surface area contributed by atoms with Crippen LogP contribution in [0.15, 0.2) is 66.3 Å². The van der Waals surface area contributed by atoms with Gasteiger partial charge in [0.25, 0.3) is 15.9 Å². The van der Waals surface area contributed by atoms with Crippen molar-refractivity contribution in [2.45, 2.75) is 11.8 Å². The van der Waals surface area contributed by atoms with E-state index < -0.39 is 21.9 Å². The minimum Gasteiger partial charge on any atom is -0.490 e. The van der Waals surface area contributed by atoms with Gasteiger partial charge in [0.05, 0.1) is 35.1 Å². The number of ether oxygens (including phenoxy) is 4. The number of carbonyl (C=O) groups excluding carboxylic acids is 2. The zero-order chi connectivity index (χ0) is 28.6. The first kappa shape index (κ1) is 30.0. The normalized spacial score (nSPS) is 11.0. The Labute approximate surface area is 235 Å². The third kappa shape index (κ3) is 7.30. The van der Waals surface area contributed by atoms with E-state index in [2.05, 4.69) is 11.9 Å². The molecule has 0 aliphatic carbocycles. The van der Waals surface area contributed by atoms with E-state index >= 15 is 0 Å². The molecule has 0 saturated heterocycles. The molecule has 3 aromatic rings. The van der Waals surface area contributed by atoms with Crippen LogP contribution >= 0.6 is 22.9 Å². The maximum Gasteiger partial charge on any atom is 0.338 e. The number of hydrogen-bond donors (Lipinski definition) is 1. The van der Waals surface area contributed by atoms with Crippen molar-refractivity contribution in [3.05, 3.63) is 76.1 Å². The van der Waals surface area contributed by atoms with Gasteiger partial charge in [-0.05, 0) is 43.3 Å². The molecule has 0 aliphatic heterocycles. The van der Waals surface area contributed by atoms with Crippen LogP contribution in [0.4, 0.5) is 11.4 Å². The summed E-state index contributed by atoms with van der Waals surface area (Å²) in [7, 11) is -1.41. The van der Waals surface area contributed by atoms with Gasteiger partial charge in [-0.15, -0.1) is 11.3 Å². The van der Waals surface area contributed by atoms with Crippen molar-refractivity contribution in [3.8, 4) is 11.5 Å². The van der Waals surface area contributed by atoms with E-state index in [1.54, 1.807) is 31.2 Å². The summed E-state index contributed by atoms with van der Waals surface area (Å²) < 4.78 is 49.2. The zero-order valence-electron chi connectivity index (χ0n) is 21.4. The fraction of sp³-hybridized carbons (Fsp3) is 0.231. The summed E-state index contributed by atoms with van der Waals surface area (Å²) in [5, 5.41) is 2.62. The van der Waals surface area contributed by atoms with Crippen LogP contribution in [0.5, 0.6) is 11.5 Å². The lowest BCUT2D eigenvalue weighted by molar-refractivity contribution is 0.0388. The fourth-order valence-electron chi connectivity index (χ4n) is 3.34. The molecule has 0 bridgehead atoms. The molecule has 2 aromatic carbocycles. The van der Waals surface area contributed by atoms with E-state index in [9.17, 15) is 18.0 Å². The Morgan fingerprint density at radius 2 is 1.90 bits per heavy atom. The molecule has 0 spiro atoms. The minimum absolute atomic E-state index is 0.0733. The van der Waals surface area contributed by atoms with E-state index in [1.807, 2.05) is 0 Å². The standard InChI is InChI=1S/C26H27ClN2O8S2/c1-5-35-20-11-10-19(15-21(20)36-6-2)29(3)39(32,33)22-16-23(27)38-24(22)25(30)28-18-9-7-8-17(14-18)26(31)37-13-12-34-4/h6-11,14-16H,2,5,12-13H2,1,3-4H3,(H,28,30). The number of anilines is 2. The summed E-state index contributed by atoms with van der Waals surface area (Å²) in [4.78, 5) is 25.0. The molecule has 1 amide bonds. The van der Waals surface area contributed by atoms with Gasteiger partial charge in [-0.25, -0.2) is 13.2 Å². The van der Waals surface area contributed by atoms with Crippen LogP contribution < -0.4 is 19.1 Å². The van der Waals surface area contributed by atoms with Crippen LogP contribution in [0.1, 0.15) is 27.0 Å². The third-order valence-electron chi connectivity index (χ3n) is 5.19. The Kier molecular flexibility index (Phi) is 10.4. The van der Waals surface area contributed by atoms with Crippen LogP contribution in [-0.4, -0.2) is 54.3 Å². The number of nitrogens with zero attached hydrogens (tertiary/aromatic N) is 1. The Morgan fingerprint density at radius 3 is 2.59 bits per heavy atom. The number of nitrogens with one attached hydrogen (secondary N) is 1. The number of rotatable bonds is 13. The highest BCUT2D eigenvalue weighted by Crippen LogP contribution is 2.37. The van der Waals surface area contributed by atoms with E-state index in [0.717, 1.165) is 15.6 Å².